The van der Waals surface area contributed by atoms with Gasteiger partial charge in [-0.25, -0.2) is 0 Å². The number of hydrogen-bond donors (Lipinski definition) is 2. The molecule has 2 N–H and O–H groups in total. The first-order valence-corrected chi connectivity index (χ1v) is 5.64. The standard InChI is InChI=1S/C12H27N3/c1-9(2)13-10(14-11(3,4)5)15-12(6,7)8/h9H,1-8H3,(H2,13,14,15). The van der Waals surface area contributed by atoms with Crippen LogP contribution >= 0.6 is 0 Å². The van der Waals surface area contributed by atoms with E-state index in [2.05, 4.69) is 71.0 Å². The largest absolute Gasteiger partial charge is 0.352 e. The number of aliphatic imine (C=N–C) groups is 1. The van der Waals surface area contributed by atoms with Gasteiger partial charge in [0.05, 0.1) is 0 Å². The molecule has 0 unspecified atom stereocenters. The van der Waals surface area contributed by atoms with Crippen molar-refractivity contribution in [1.29, 1.82) is 0 Å². The van der Waals surface area contributed by atoms with Crippen LogP contribution in [0.1, 0.15) is 55.4 Å². The second-order valence-electron chi connectivity index (χ2n) is 6.32. The summed E-state index contributed by atoms with van der Waals surface area (Å²) >= 11 is 0. The van der Waals surface area contributed by atoms with Crippen LogP contribution in [0, 0.1) is 0 Å². The van der Waals surface area contributed by atoms with E-state index in [1.807, 2.05) is 0 Å². The Morgan fingerprint density at radius 3 is 1.40 bits per heavy atom. The zero-order valence-corrected chi connectivity index (χ0v) is 11.5. The molecule has 3 nitrogen and oxygen atoms in total. The van der Waals surface area contributed by atoms with Crippen molar-refractivity contribution in [3.63, 3.8) is 0 Å². The maximum Gasteiger partial charge on any atom is 0.192 e. The summed E-state index contributed by atoms with van der Waals surface area (Å²) in [6.45, 7) is 16.9. The summed E-state index contributed by atoms with van der Waals surface area (Å²) in [6, 6.07) is 0.296. The van der Waals surface area contributed by atoms with E-state index in [1.54, 1.807) is 0 Å². The summed E-state index contributed by atoms with van der Waals surface area (Å²) in [5.74, 6) is 0.880. The maximum absolute atomic E-state index is 4.54. The quantitative estimate of drug-likeness (QED) is 0.519. The van der Waals surface area contributed by atoms with Crippen LogP contribution in [-0.4, -0.2) is 23.1 Å². The van der Waals surface area contributed by atoms with E-state index < -0.39 is 0 Å². The second-order valence-corrected chi connectivity index (χ2v) is 6.32. The summed E-state index contributed by atoms with van der Waals surface area (Å²) in [7, 11) is 0. The molecule has 0 atom stereocenters. The van der Waals surface area contributed by atoms with Gasteiger partial charge in [-0.1, -0.05) is 0 Å². The molecule has 0 spiro atoms. The monoisotopic (exact) mass is 213 g/mol. The van der Waals surface area contributed by atoms with E-state index in [-0.39, 0.29) is 11.1 Å². The third-order valence-corrected chi connectivity index (χ3v) is 1.37. The highest BCUT2D eigenvalue weighted by molar-refractivity contribution is 5.81. The Morgan fingerprint density at radius 1 is 0.867 bits per heavy atom. The minimum atomic E-state index is 0.0337. The average molecular weight is 213 g/mol. The van der Waals surface area contributed by atoms with Crippen molar-refractivity contribution in [2.45, 2.75) is 72.5 Å². The van der Waals surface area contributed by atoms with Crippen molar-refractivity contribution < 1.29 is 0 Å². The van der Waals surface area contributed by atoms with Crippen molar-refractivity contribution in [1.82, 2.24) is 10.6 Å². The van der Waals surface area contributed by atoms with Crippen LogP contribution in [0.15, 0.2) is 4.99 Å². The predicted octanol–water partition coefficient (Wildman–Crippen LogP) is 2.53. The zero-order valence-electron chi connectivity index (χ0n) is 11.5. The van der Waals surface area contributed by atoms with Crippen LogP contribution in [0.5, 0.6) is 0 Å². The van der Waals surface area contributed by atoms with Gasteiger partial charge < -0.3 is 10.6 Å². The fourth-order valence-corrected chi connectivity index (χ4v) is 1.06. The number of rotatable bonds is 1. The highest BCUT2D eigenvalue weighted by Crippen LogP contribution is 2.03. The van der Waals surface area contributed by atoms with Gasteiger partial charge in [0.1, 0.15) is 0 Å². The van der Waals surface area contributed by atoms with Gasteiger partial charge >= 0.3 is 0 Å². The lowest BCUT2D eigenvalue weighted by molar-refractivity contribution is 0.458. The summed E-state index contributed by atoms with van der Waals surface area (Å²) in [4.78, 5) is 4.54. The zero-order chi connectivity index (χ0) is 12.3. The number of nitrogens with zero attached hydrogens (tertiary/aromatic N) is 1. The van der Waals surface area contributed by atoms with Gasteiger partial charge in [-0.2, -0.15) is 0 Å². The Labute approximate surface area is 94.7 Å². The average Bonchev–Trinajstić information content (AvgIpc) is 1.73. The van der Waals surface area contributed by atoms with E-state index in [0.717, 1.165) is 5.96 Å². The molecule has 0 fully saturated rings. The van der Waals surface area contributed by atoms with E-state index in [1.165, 1.54) is 0 Å². The molecule has 0 heterocycles. The second kappa shape index (κ2) is 4.86. The van der Waals surface area contributed by atoms with Gasteiger partial charge in [-0.15, -0.1) is 0 Å². The molecule has 0 saturated heterocycles. The normalized spacial score (nSPS) is 12.6. The molecule has 0 aliphatic heterocycles. The van der Waals surface area contributed by atoms with Crippen molar-refractivity contribution in [3.8, 4) is 0 Å². The third kappa shape index (κ3) is 9.57. The van der Waals surface area contributed by atoms with Crippen molar-refractivity contribution in [2.24, 2.45) is 4.99 Å². The Kier molecular flexibility index (Phi) is 4.63. The molecule has 0 saturated carbocycles. The summed E-state index contributed by atoms with van der Waals surface area (Å²) < 4.78 is 0. The molecule has 3 heteroatoms. The van der Waals surface area contributed by atoms with Gasteiger partial charge in [0.2, 0.25) is 0 Å². The lowest BCUT2D eigenvalue weighted by Gasteiger charge is -2.29. The SMILES string of the molecule is CC(C)N=C(NC(C)(C)C)NC(C)(C)C. The number of nitrogens with one attached hydrogen (secondary N) is 2. The van der Waals surface area contributed by atoms with E-state index in [4.69, 9.17) is 0 Å². The molecule has 0 radical (unpaired) electrons. The minimum absolute atomic E-state index is 0.0337. The Bertz CT molecular complexity index is 198. The van der Waals surface area contributed by atoms with Gasteiger partial charge in [0.15, 0.2) is 5.96 Å². The van der Waals surface area contributed by atoms with Crippen molar-refractivity contribution in [3.05, 3.63) is 0 Å². The third-order valence-electron chi connectivity index (χ3n) is 1.37. The number of guanidine groups is 1. The lowest BCUT2D eigenvalue weighted by Crippen LogP contribution is -2.53. The van der Waals surface area contributed by atoms with Gasteiger partial charge in [-0.05, 0) is 55.4 Å². The van der Waals surface area contributed by atoms with Crippen LogP contribution < -0.4 is 10.6 Å². The molecule has 15 heavy (non-hydrogen) atoms. The molecule has 0 rings (SSSR count). The summed E-state index contributed by atoms with van der Waals surface area (Å²) in [6.07, 6.45) is 0. The smallest absolute Gasteiger partial charge is 0.192 e. The molecule has 0 aliphatic rings. The molecular formula is C12H27N3. The number of hydrogen-bond acceptors (Lipinski definition) is 1. The summed E-state index contributed by atoms with van der Waals surface area (Å²) in [5, 5.41) is 6.77. The minimum Gasteiger partial charge on any atom is -0.352 e. The first kappa shape index (κ1) is 14.3. The van der Waals surface area contributed by atoms with E-state index in [0.29, 0.717) is 6.04 Å². The summed E-state index contributed by atoms with van der Waals surface area (Å²) in [5.41, 5.74) is 0.0674. The highest BCUT2D eigenvalue weighted by Gasteiger charge is 2.17. The Balaban J connectivity index is 4.62. The van der Waals surface area contributed by atoms with E-state index >= 15 is 0 Å². The highest BCUT2D eigenvalue weighted by atomic mass is 15.2. The van der Waals surface area contributed by atoms with Gasteiger partial charge in [0.25, 0.3) is 0 Å². The Morgan fingerprint density at radius 2 is 1.20 bits per heavy atom. The Hall–Kier alpha value is -0.730. The fourth-order valence-electron chi connectivity index (χ4n) is 1.06. The van der Waals surface area contributed by atoms with Crippen LogP contribution in [0.4, 0.5) is 0 Å². The van der Waals surface area contributed by atoms with Crippen LogP contribution in [-0.2, 0) is 0 Å². The van der Waals surface area contributed by atoms with E-state index in [9.17, 15) is 0 Å². The molecule has 0 aliphatic carbocycles. The maximum atomic E-state index is 4.54. The first-order valence-electron chi connectivity index (χ1n) is 5.64. The molecule has 90 valence electrons. The first-order chi connectivity index (χ1) is 6.49. The van der Waals surface area contributed by atoms with Crippen LogP contribution in [0.2, 0.25) is 0 Å². The van der Waals surface area contributed by atoms with Crippen LogP contribution in [0.25, 0.3) is 0 Å². The topological polar surface area (TPSA) is 36.4 Å². The van der Waals surface area contributed by atoms with Crippen molar-refractivity contribution >= 4 is 5.96 Å². The lowest BCUT2D eigenvalue weighted by atomic mass is 10.1. The van der Waals surface area contributed by atoms with Gasteiger partial charge in [0, 0.05) is 17.1 Å². The van der Waals surface area contributed by atoms with Crippen molar-refractivity contribution in [2.75, 3.05) is 0 Å². The molecule has 0 aromatic carbocycles. The van der Waals surface area contributed by atoms with Crippen LogP contribution in [0.3, 0.4) is 0 Å². The molecule has 0 aromatic heterocycles. The molecule has 0 bridgehead atoms. The fraction of sp³-hybridized carbons (Fsp3) is 0.917. The molecule has 0 amide bonds. The molecular weight excluding hydrogens is 186 g/mol. The molecule has 0 aromatic rings. The predicted molar refractivity (Wildman–Crippen MR) is 68.3 cm³/mol. The van der Waals surface area contributed by atoms with Gasteiger partial charge in [-0.3, -0.25) is 4.99 Å².